The molecule has 1 N–H and O–H groups in total. The molecule has 0 spiro atoms. The quantitative estimate of drug-likeness (QED) is 0.370. The average molecular weight is 522 g/mol. The summed E-state index contributed by atoms with van der Waals surface area (Å²) in [6, 6.07) is 11.3. The lowest BCUT2D eigenvalue weighted by atomic mass is 10.2. The first-order valence-corrected chi connectivity index (χ1v) is 11.0. The van der Waals surface area contributed by atoms with Crippen LogP contribution in [0.1, 0.15) is 43.1 Å². The van der Waals surface area contributed by atoms with Crippen LogP contribution >= 0.6 is 24.0 Å². The molecular formula is C23H35IN6. The van der Waals surface area contributed by atoms with E-state index in [1.165, 1.54) is 37.9 Å². The first kappa shape index (κ1) is 23.1. The summed E-state index contributed by atoms with van der Waals surface area (Å²) >= 11 is 0. The van der Waals surface area contributed by atoms with Crippen molar-refractivity contribution >= 4 is 29.9 Å². The molecule has 2 saturated heterocycles. The van der Waals surface area contributed by atoms with Crippen molar-refractivity contribution in [2.75, 3.05) is 32.7 Å². The number of guanidine groups is 1. The van der Waals surface area contributed by atoms with E-state index in [-0.39, 0.29) is 24.0 Å². The Morgan fingerprint density at radius 3 is 2.63 bits per heavy atom. The van der Waals surface area contributed by atoms with E-state index in [2.05, 4.69) is 64.4 Å². The van der Waals surface area contributed by atoms with Crippen LogP contribution in [-0.2, 0) is 6.54 Å². The number of para-hydroxylation sites is 1. The van der Waals surface area contributed by atoms with Crippen molar-refractivity contribution in [1.29, 1.82) is 0 Å². The van der Waals surface area contributed by atoms with Gasteiger partial charge >= 0.3 is 0 Å². The highest BCUT2D eigenvalue weighted by Gasteiger charge is 2.30. The van der Waals surface area contributed by atoms with Crippen molar-refractivity contribution in [1.82, 2.24) is 24.9 Å². The Labute approximate surface area is 197 Å². The molecule has 1 atom stereocenters. The number of benzene rings is 1. The van der Waals surface area contributed by atoms with E-state index < -0.39 is 0 Å². The Balaban J connectivity index is 0.00000256. The summed E-state index contributed by atoms with van der Waals surface area (Å²) in [5, 5.41) is 8.19. The zero-order valence-corrected chi connectivity index (χ0v) is 20.8. The monoisotopic (exact) mass is 522 g/mol. The van der Waals surface area contributed by atoms with Crippen LogP contribution in [0.4, 0.5) is 0 Å². The van der Waals surface area contributed by atoms with Gasteiger partial charge in [0, 0.05) is 31.4 Å². The normalized spacial score (nSPS) is 19.9. The Morgan fingerprint density at radius 1 is 1.17 bits per heavy atom. The minimum Gasteiger partial charge on any atom is -0.357 e. The zero-order valence-electron chi connectivity index (χ0n) is 18.5. The van der Waals surface area contributed by atoms with Crippen LogP contribution in [0, 0.1) is 13.8 Å². The third kappa shape index (κ3) is 5.17. The molecule has 0 saturated carbocycles. The third-order valence-corrected chi connectivity index (χ3v) is 6.08. The lowest BCUT2D eigenvalue weighted by molar-refractivity contribution is 0.249. The maximum absolute atomic E-state index is 5.02. The third-order valence-electron chi connectivity index (χ3n) is 6.08. The van der Waals surface area contributed by atoms with Gasteiger partial charge in [0.15, 0.2) is 5.96 Å². The molecule has 4 rings (SSSR count). The number of aliphatic imine (C=N–C) groups is 1. The Kier molecular flexibility index (Phi) is 8.16. The molecule has 6 nitrogen and oxygen atoms in total. The summed E-state index contributed by atoms with van der Waals surface area (Å²) in [5.41, 5.74) is 4.51. The lowest BCUT2D eigenvalue weighted by Crippen LogP contribution is -2.42. The van der Waals surface area contributed by atoms with Gasteiger partial charge in [-0.15, -0.1) is 24.0 Å². The second-order valence-electron chi connectivity index (χ2n) is 8.27. The van der Waals surface area contributed by atoms with Crippen LogP contribution in [0.25, 0.3) is 5.69 Å². The fourth-order valence-electron chi connectivity index (χ4n) is 4.65. The van der Waals surface area contributed by atoms with Gasteiger partial charge in [0.05, 0.1) is 17.9 Å². The molecule has 0 bridgehead atoms. The molecule has 164 valence electrons. The van der Waals surface area contributed by atoms with E-state index in [0.29, 0.717) is 12.6 Å². The molecular weight excluding hydrogens is 487 g/mol. The minimum absolute atomic E-state index is 0. The molecule has 2 aliphatic rings. The summed E-state index contributed by atoms with van der Waals surface area (Å²) in [7, 11) is 0. The second kappa shape index (κ2) is 10.6. The van der Waals surface area contributed by atoms with Crippen LogP contribution in [-0.4, -0.2) is 64.3 Å². The van der Waals surface area contributed by atoms with Gasteiger partial charge in [0.25, 0.3) is 0 Å². The highest BCUT2D eigenvalue weighted by atomic mass is 127. The van der Waals surface area contributed by atoms with E-state index in [0.717, 1.165) is 42.7 Å². The Morgan fingerprint density at radius 2 is 1.93 bits per heavy atom. The number of likely N-dealkylation sites (tertiary alicyclic amines) is 2. The fourth-order valence-corrected chi connectivity index (χ4v) is 4.65. The Bertz CT molecular complexity index is 855. The number of rotatable bonds is 5. The van der Waals surface area contributed by atoms with Gasteiger partial charge in [-0.05, 0) is 70.8 Å². The predicted octanol–water partition coefficient (Wildman–Crippen LogP) is 3.74. The van der Waals surface area contributed by atoms with Crippen LogP contribution in [0.15, 0.2) is 35.3 Å². The molecule has 2 fully saturated rings. The van der Waals surface area contributed by atoms with Gasteiger partial charge in [-0.2, -0.15) is 5.10 Å². The second-order valence-corrected chi connectivity index (χ2v) is 8.27. The van der Waals surface area contributed by atoms with E-state index >= 15 is 0 Å². The molecule has 0 radical (unpaired) electrons. The highest BCUT2D eigenvalue weighted by Crippen LogP contribution is 2.21. The van der Waals surface area contributed by atoms with Gasteiger partial charge in [0.2, 0.25) is 0 Å². The van der Waals surface area contributed by atoms with E-state index in [9.17, 15) is 0 Å². The molecule has 0 amide bonds. The standard InChI is InChI=1S/C23H34N6.HI/c1-4-24-23(28-14-11-21(17-28)27-12-7-8-13-27)25-16-20-9-5-6-10-22(20)29-19(3)15-18(2)26-29;/h5-6,9-10,15,21H,4,7-8,11-14,16-17H2,1-3H3,(H,24,25);1H. The Hall–Kier alpha value is -1.61. The maximum Gasteiger partial charge on any atom is 0.194 e. The molecule has 1 unspecified atom stereocenters. The summed E-state index contributed by atoms with van der Waals surface area (Å²) in [4.78, 5) is 10.1. The number of hydrogen-bond donors (Lipinski definition) is 1. The molecule has 30 heavy (non-hydrogen) atoms. The fraction of sp³-hybridized carbons (Fsp3) is 0.565. The van der Waals surface area contributed by atoms with Gasteiger partial charge < -0.3 is 10.2 Å². The van der Waals surface area contributed by atoms with Crippen LogP contribution in [0.2, 0.25) is 0 Å². The van der Waals surface area contributed by atoms with Crippen molar-refractivity contribution in [3.8, 4) is 5.69 Å². The largest absolute Gasteiger partial charge is 0.357 e. The SMILES string of the molecule is CCNC(=NCc1ccccc1-n1nc(C)cc1C)N1CCC(N2CCCC2)C1.I. The first-order valence-electron chi connectivity index (χ1n) is 11.0. The van der Waals surface area contributed by atoms with Crippen LogP contribution in [0.5, 0.6) is 0 Å². The van der Waals surface area contributed by atoms with Gasteiger partial charge in [-0.25, -0.2) is 9.67 Å². The van der Waals surface area contributed by atoms with Crippen molar-refractivity contribution in [2.45, 2.75) is 52.6 Å². The summed E-state index contributed by atoms with van der Waals surface area (Å²) in [6.45, 7) is 12.5. The number of aromatic nitrogens is 2. The maximum atomic E-state index is 5.02. The highest BCUT2D eigenvalue weighted by molar-refractivity contribution is 14.0. The number of hydrogen-bond acceptors (Lipinski definition) is 3. The number of aryl methyl sites for hydroxylation is 2. The molecule has 2 aromatic rings. The van der Waals surface area contributed by atoms with Crippen molar-refractivity contribution < 1.29 is 0 Å². The molecule has 2 aliphatic heterocycles. The minimum atomic E-state index is 0. The lowest BCUT2D eigenvalue weighted by Gasteiger charge is -2.25. The number of nitrogens with one attached hydrogen (secondary N) is 1. The number of halogens is 1. The predicted molar refractivity (Wildman–Crippen MR) is 134 cm³/mol. The molecule has 1 aromatic heterocycles. The van der Waals surface area contributed by atoms with Gasteiger partial charge in [-0.1, -0.05) is 18.2 Å². The van der Waals surface area contributed by atoms with Crippen LogP contribution < -0.4 is 5.32 Å². The average Bonchev–Trinajstić information content (AvgIpc) is 3.46. The van der Waals surface area contributed by atoms with Crippen molar-refractivity contribution in [2.24, 2.45) is 4.99 Å². The van der Waals surface area contributed by atoms with Gasteiger partial charge in [-0.3, -0.25) is 4.90 Å². The zero-order chi connectivity index (χ0) is 20.2. The first-order chi connectivity index (χ1) is 14.2. The summed E-state index contributed by atoms with van der Waals surface area (Å²) < 4.78 is 2.03. The van der Waals surface area contributed by atoms with Crippen molar-refractivity contribution in [3.05, 3.63) is 47.3 Å². The smallest absolute Gasteiger partial charge is 0.194 e. The van der Waals surface area contributed by atoms with E-state index in [4.69, 9.17) is 4.99 Å². The molecule has 7 heteroatoms. The van der Waals surface area contributed by atoms with E-state index in [1.54, 1.807) is 0 Å². The summed E-state index contributed by atoms with van der Waals surface area (Å²) in [6.07, 6.45) is 3.95. The van der Waals surface area contributed by atoms with Crippen molar-refractivity contribution in [3.63, 3.8) is 0 Å². The molecule has 3 heterocycles. The molecule has 0 aliphatic carbocycles. The topological polar surface area (TPSA) is 48.7 Å². The van der Waals surface area contributed by atoms with E-state index in [1.807, 2.05) is 11.6 Å². The molecule has 1 aromatic carbocycles. The van der Waals surface area contributed by atoms with Crippen LogP contribution in [0.3, 0.4) is 0 Å². The van der Waals surface area contributed by atoms with Gasteiger partial charge in [0.1, 0.15) is 0 Å². The number of nitrogens with zero attached hydrogens (tertiary/aromatic N) is 5. The summed E-state index contributed by atoms with van der Waals surface area (Å²) in [5.74, 6) is 1.04.